The molecule has 0 aromatic rings. The van der Waals surface area contributed by atoms with Gasteiger partial charge in [0, 0.05) is 6.42 Å². The quantitative estimate of drug-likeness (QED) is 0.462. The first-order valence-electron chi connectivity index (χ1n) is 6.41. The number of rotatable bonds is 9. The molecule has 0 spiro atoms. The van der Waals surface area contributed by atoms with E-state index in [2.05, 4.69) is 4.99 Å². The zero-order valence-corrected chi connectivity index (χ0v) is 11.2. The average Bonchev–Trinajstić information content (AvgIpc) is 2.68. The third kappa shape index (κ3) is 4.60. The normalized spacial score (nSPS) is 22.3. The van der Waals surface area contributed by atoms with Gasteiger partial charge in [0.25, 0.3) is 0 Å². The van der Waals surface area contributed by atoms with E-state index in [4.69, 9.17) is 14.9 Å². The Kier molecular flexibility index (Phi) is 5.91. The molecular formula is C12H21N2O5+. The summed E-state index contributed by atoms with van der Waals surface area (Å²) >= 11 is 0. The third-order valence-corrected chi connectivity index (χ3v) is 3.17. The van der Waals surface area contributed by atoms with Crippen molar-refractivity contribution < 1.29 is 29.0 Å². The van der Waals surface area contributed by atoms with Gasteiger partial charge in [-0.25, -0.2) is 14.6 Å². The number of ether oxygens (including phenoxy) is 1. The molecule has 0 bridgehead atoms. The largest absolute Gasteiger partial charge is 0.480 e. The molecule has 7 nitrogen and oxygen atoms in total. The maximum atomic E-state index is 11.0. The molecule has 0 saturated carbocycles. The zero-order chi connectivity index (χ0) is 14.3. The molecule has 1 unspecified atom stereocenters. The number of carboxylic acid groups (broad SMARTS) is 2. The van der Waals surface area contributed by atoms with Gasteiger partial charge in [0.2, 0.25) is 0 Å². The molecule has 0 aliphatic carbocycles. The number of aliphatic carboxylic acids is 2. The van der Waals surface area contributed by atoms with Crippen molar-refractivity contribution in [1.82, 2.24) is 0 Å². The van der Waals surface area contributed by atoms with Gasteiger partial charge in [-0.1, -0.05) is 6.92 Å². The van der Waals surface area contributed by atoms with Crippen LogP contribution in [-0.4, -0.2) is 71.9 Å². The fourth-order valence-electron chi connectivity index (χ4n) is 2.34. The monoisotopic (exact) mass is 273 g/mol. The van der Waals surface area contributed by atoms with E-state index in [0.717, 1.165) is 18.7 Å². The van der Waals surface area contributed by atoms with Gasteiger partial charge in [0.15, 0.2) is 12.4 Å². The van der Waals surface area contributed by atoms with Gasteiger partial charge in [0.1, 0.15) is 19.7 Å². The van der Waals surface area contributed by atoms with Crippen LogP contribution in [0.25, 0.3) is 0 Å². The molecular weight excluding hydrogens is 252 g/mol. The smallest absolute Gasteiger partial charge is 0.359 e. The fraction of sp³-hybridized carbons (Fsp3) is 0.750. The summed E-state index contributed by atoms with van der Waals surface area (Å²) in [4.78, 5) is 25.8. The van der Waals surface area contributed by atoms with Crippen molar-refractivity contribution >= 4 is 17.8 Å². The van der Waals surface area contributed by atoms with Gasteiger partial charge >= 0.3 is 11.9 Å². The highest BCUT2D eigenvalue weighted by atomic mass is 16.5. The molecule has 0 aromatic heterocycles. The summed E-state index contributed by atoms with van der Waals surface area (Å²) in [5.41, 5.74) is 0. The predicted octanol–water partition coefficient (Wildman–Crippen LogP) is 0.201. The molecule has 0 saturated heterocycles. The first-order chi connectivity index (χ1) is 9.00. The number of carbonyl (C=O) groups is 2. The van der Waals surface area contributed by atoms with Gasteiger partial charge in [-0.3, -0.25) is 4.48 Å². The van der Waals surface area contributed by atoms with Crippen LogP contribution in [0.4, 0.5) is 0 Å². The van der Waals surface area contributed by atoms with Crippen LogP contribution in [0.3, 0.4) is 0 Å². The molecule has 2 N–H and O–H groups in total. The van der Waals surface area contributed by atoms with Crippen LogP contribution in [-0.2, 0) is 14.3 Å². The van der Waals surface area contributed by atoms with Crippen LogP contribution >= 0.6 is 0 Å². The number of amidine groups is 1. The van der Waals surface area contributed by atoms with Crippen molar-refractivity contribution in [2.75, 3.05) is 39.4 Å². The number of nitrogens with zero attached hydrogens (tertiary/aromatic N) is 2. The topological polar surface area (TPSA) is 96.2 Å². The Hall–Kier alpha value is -1.47. The van der Waals surface area contributed by atoms with Crippen molar-refractivity contribution in [3.05, 3.63) is 0 Å². The minimum Gasteiger partial charge on any atom is -0.480 e. The summed E-state index contributed by atoms with van der Waals surface area (Å²) < 4.78 is 5.32. The summed E-state index contributed by atoms with van der Waals surface area (Å²) in [5, 5.41) is 17.6. The van der Waals surface area contributed by atoms with Gasteiger partial charge < -0.3 is 14.9 Å². The summed E-state index contributed by atoms with van der Waals surface area (Å²) in [5.74, 6) is -0.999. The lowest BCUT2D eigenvalue weighted by atomic mass is 10.2. The molecule has 108 valence electrons. The number of quaternary nitrogens is 1. The van der Waals surface area contributed by atoms with Gasteiger partial charge in [-0.15, -0.1) is 0 Å². The van der Waals surface area contributed by atoms with E-state index in [-0.39, 0.29) is 19.8 Å². The minimum absolute atomic E-state index is 0.0186. The van der Waals surface area contributed by atoms with Crippen molar-refractivity contribution in [2.24, 2.45) is 4.99 Å². The van der Waals surface area contributed by atoms with Gasteiger partial charge in [-0.2, -0.15) is 0 Å². The number of hydrogen-bond acceptors (Lipinski definition) is 4. The molecule has 0 aromatic carbocycles. The van der Waals surface area contributed by atoms with Crippen LogP contribution in [0.5, 0.6) is 0 Å². The number of hydrogen-bond donors (Lipinski definition) is 2. The van der Waals surface area contributed by atoms with Crippen LogP contribution in [0.1, 0.15) is 19.8 Å². The van der Waals surface area contributed by atoms with E-state index in [0.29, 0.717) is 24.1 Å². The molecule has 7 heteroatoms. The molecule has 1 heterocycles. The van der Waals surface area contributed by atoms with E-state index in [1.165, 1.54) is 0 Å². The number of carboxylic acids is 2. The zero-order valence-electron chi connectivity index (χ0n) is 11.2. The van der Waals surface area contributed by atoms with E-state index in [1.54, 1.807) is 0 Å². The van der Waals surface area contributed by atoms with E-state index in [1.807, 2.05) is 6.92 Å². The van der Waals surface area contributed by atoms with Gasteiger partial charge in [-0.05, 0) is 6.42 Å². The molecule has 1 aliphatic heterocycles. The van der Waals surface area contributed by atoms with E-state index < -0.39 is 11.9 Å². The average molecular weight is 273 g/mol. The molecule has 1 atom stereocenters. The minimum atomic E-state index is -1.02. The Balaban J connectivity index is 2.63. The molecule has 1 aliphatic rings. The van der Waals surface area contributed by atoms with Crippen molar-refractivity contribution in [1.29, 1.82) is 0 Å². The summed E-state index contributed by atoms with van der Waals surface area (Å²) in [7, 11) is 0. The second-order valence-corrected chi connectivity index (χ2v) is 4.64. The second kappa shape index (κ2) is 7.20. The van der Waals surface area contributed by atoms with E-state index >= 15 is 0 Å². The summed E-state index contributed by atoms with van der Waals surface area (Å²) in [6.07, 6.45) is 1.68. The second-order valence-electron chi connectivity index (χ2n) is 4.64. The summed E-state index contributed by atoms with van der Waals surface area (Å²) in [6, 6.07) is 0. The highest BCUT2D eigenvalue weighted by Crippen LogP contribution is 2.18. The number of aliphatic imine (C=N–C) groups is 1. The molecule has 0 fully saturated rings. The molecule has 0 radical (unpaired) electrons. The van der Waals surface area contributed by atoms with Crippen LogP contribution in [0.15, 0.2) is 4.99 Å². The molecule has 19 heavy (non-hydrogen) atoms. The highest BCUT2D eigenvalue weighted by Gasteiger charge is 2.39. The maximum absolute atomic E-state index is 11.0. The van der Waals surface area contributed by atoms with Crippen molar-refractivity contribution in [3.8, 4) is 0 Å². The van der Waals surface area contributed by atoms with Crippen LogP contribution in [0, 0.1) is 0 Å². The lowest BCUT2D eigenvalue weighted by molar-refractivity contribution is -0.829. The fourth-order valence-corrected chi connectivity index (χ4v) is 2.34. The van der Waals surface area contributed by atoms with Gasteiger partial charge in [0.05, 0.1) is 13.2 Å². The summed E-state index contributed by atoms with van der Waals surface area (Å²) in [6.45, 7) is 3.61. The molecule has 1 rings (SSSR count). The Bertz CT molecular complexity index is 369. The van der Waals surface area contributed by atoms with Crippen LogP contribution < -0.4 is 0 Å². The Morgan fingerprint density at radius 2 is 2.11 bits per heavy atom. The maximum Gasteiger partial charge on any atom is 0.359 e. The Morgan fingerprint density at radius 1 is 1.37 bits per heavy atom. The SMILES string of the molecule is CCCC1=NCC[N+]1(CCOCC(=O)O)CC(=O)O. The Morgan fingerprint density at radius 3 is 2.68 bits per heavy atom. The predicted molar refractivity (Wildman–Crippen MR) is 68.2 cm³/mol. The first kappa shape index (κ1) is 15.6. The van der Waals surface area contributed by atoms with Crippen molar-refractivity contribution in [2.45, 2.75) is 19.8 Å². The van der Waals surface area contributed by atoms with Crippen molar-refractivity contribution in [3.63, 3.8) is 0 Å². The molecule has 0 amide bonds. The van der Waals surface area contributed by atoms with Crippen LogP contribution in [0.2, 0.25) is 0 Å². The lowest BCUT2D eigenvalue weighted by Gasteiger charge is -2.33. The van der Waals surface area contributed by atoms with E-state index in [9.17, 15) is 9.59 Å². The lowest BCUT2D eigenvalue weighted by Crippen LogP contribution is -2.55. The highest BCUT2D eigenvalue weighted by molar-refractivity contribution is 5.80. The standard InChI is InChI=1S/C12H20N2O5/c1-2-3-10-13-4-5-14(10,8-11(15)16)6-7-19-9-12(17)18/h2-9H2,1H3,(H-,15,16,17,18)/p+1. The third-order valence-electron chi connectivity index (χ3n) is 3.17. The first-order valence-corrected chi connectivity index (χ1v) is 6.41. The Labute approximate surface area is 112 Å².